The molecule has 0 unspecified atom stereocenters. The molecule has 1 saturated carbocycles. The normalized spacial score (nSPS) is 16.6. The number of nitrogen functional groups attached to an aromatic ring is 1. The minimum atomic E-state index is -3.53. The Balaban J connectivity index is 2.35. The van der Waals surface area contributed by atoms with E-state index >= 15 is 0 Å². The first-order valence-electron chi connectivity index (χ1n) is 5.90. The number of ether oxygens (including phenoxy) is 1. The molecule has 0 bridgehead atoms. The van der Waals surface area contributed by atoms with Gasteiger partial charge in [-0.25, -0.2) is 12.7 Å². The van der Waals surface area contributed by atoms with E-state index in [1.807, 2.05) is 0 Å². The zero-order valence-electron chi connectivity index (χ0n) is 10.6. The molecular formula is C12H18N2O3S. The molecule has 5 nitrogen and oxygen atoms in total. The van der Waals surface area contributed by atoms with Crippen LogP contribution in [0, 0.1) is 0 Å². The zero-order valence-corrected chi connectivity index (χ0v) is 11.4. The summed E-state index contributed by atoms with van der Waals surface area (Å²) in [6, 6.07) is 4.86. The summed E-state index contributed by atoms with van der Waals surface area (Å²) in [6.45, 7) is 0. The van der Waals surface area contributed by atoms with Crippen molar-refractivity contribution in [3.8, 4) is 5.75 Å². The van der Waals surface area contributed by atoms with Crippen molar-refractivity contribution in [3.63, 3.8) is 0 Å². The highest BCUT2D eigenvalue weighted by Crippen LogP contribution is 2.33. The minimum absolute atomic E-state index is 0.101. The van der Waals surface area contributed by atoms with E-state index in [0.717, 1.165) is 23.6 Å². The highest BCUT2D eigenvalue weighted by molar-refractivity contribution is 7.89. The maximum Gasteiger partial charge on any atom is 0.244 e. The molecule has 1 aromatic carbocycles. The predicted octanol–water partition coefficient (Wildman–Crippen LogP) is 1.45. The van der Waals surface area contributed by atoms with E-state index in [9.17, 15) is 8.42 Å². The van der Waals surface area contributed by atoms with Crippen molar-refractivity contribution in [2.45, 2.75) is 30.3 Å². The summed E-state index contributed by atoms with van der Waals surface area (Å²) >= 11 is 0. The number of sulfonamides is 1. The van der Waals surface area contributed by atoms with Crippen molar-refractivity contribution in [2.24, 2.45) is 0 Å². The molecule has 2 N–H and O–H groups in total. The van der Waals surface area contributed by atoms with Crippen molar-refractivity contribution >= 4 is 15.7 Å². The van der Waals surface area contributed by atoms with Crippen LogP contribution in [0.25, 0.3) is 0 Å². The van der Waals surface area contributed by atoms with Gasteiger partial charge in [-0.2, -0.15) is 0 Å². The number of para-hydroxylation sites is 1. The van der Waals surface area contributed by atoms with Gasteiger partial charge in [0.25, 0.3) is 0 Å². The molecule has 6 heteroatoms. The van der Waals surface area contributed by atoms with Gasteiger partial charge >= 0.3 is 0 Å². The molecule has 0 aliphatic heterocycles. The van der Waals surface area contributed by atoms with Gasteiger partial charge in [-0.3, -0.25) is 0 Å². The molecule has 0 saturated heterocycles. The van der Waals surface area contributed by atoms with Gasteiger partial charge < -0.3 is 10.5 Å². The maximum atomic E-state index is 12.1. The standard InChI is InChI=1S/C12H18N2O3S/c1-14(2)18(15,16)11-8-4-7-10(12(11)13)17-9-5-3-6-9/h4,7-9H,3,5-6,13H2,1-2H3. The highest BCUT2D eigenvalue weighted by atomic mass is 32.2. The van der Waals surface area contributed by atoms with Crippen molar-refractivity contribution in [2.75, 3.05) is 19.8 Å². The molecule has 0 amide bonds. The summed E-state index contributed by atoms with van der Waals surface area (Å²) in [7, 11) is -0.565. The summed E-state index contributed by atoms with van der Waals surface area (Å²) in [5.74, 6) is 0.461. The molecule has 1 aliphatic carbocycles. The lowest BCUT2D eigenvalue weighted by Gasteiger charge is -2.27. The number of hydrogen-bond donors (Lipinski definition) is 1. The number of rotatable bonds is 4. The summed E-state index contributed by atoms with van der Waals surface area (Å²) in [5, 5.41) is 0. The summed E-state index contributed by atoms with van der Waals surface area (Å²) in [4.78, 5) is 0.101. The second kappa shape index (κ2) is 4.78. The summed E-state index contributed by atoms with van der Waals surface area (Å²) in [6.07, 6.45) is 3.33. The van der Waals surface area contributed by atoms with Crippen LogP contribution in [0.15, 0.2) is 23.1 Å². The number of nitrogens with zero attached hydrogens (tertiary/aromatic N) is 1. The molecule has 1 aliphatic rings. The molecule has 2 rings (SSSR count). The van der Waals surface area contributed by atoms with E-state index in [0.29, 0.717) is 5.75 Å². The van der Waals surface area contributed by atoms with Crippen LogP contribution in [0.2, 0.25) is 0 Å². The molecule has 1 fully saturated rings. The van der Waals surface area contributed by atoms with E-state index < -0.39 is 10.0 Å². The number of anilines is 1. The van der Waals surface area contributed by atoms with Crippen LogP contribution in [-0.2, 0) is 10.0 Å². The monoisotopic (exact) mass is 270 g/mol. The van der Waals surface area contributed by atoms with Crippen molar-refractivity contribution in [3.05, 3.63) is 18.2 Å². The molecule has 1 aromatic rings. The molecule has 18 heavy (non-hydrogen) atoms. The Morgan fingerprint density at radius 3 is 2.50 bits per heavy atom. The summed E-state index contributed by atoms with van der Waals surface area (Å²) < 4.78 is 31.0. The first-order chi connectivity index (χ1) is 8.43. The third kappa shape index (κ3) is 2.30. The Morgan fingerprint density at radius 1 is 1.33 bits per heavy atom. The Hall–Kier alpha value is -1.27. The second-order valence-electron chi connectivity index (χ2n) is 4.63. The predicted molar refractivity (Wildman–Crippen MR) is 70.0 cm³/mol. The first kappa shape index (κ1) is 13.2. The van der Waals surface area contributed by atoms with Crippen LogP contribution < -0.4 is 10.5 Å². The third-order valence-corrected chi connectivity index (χ3v) is 5.00. The van der Waals surface area contributed by atoms with Crippen molar-refractivity contribution in [1.29, 1.82) is 0 Å². The van der Waals surface area contributed by atoms with Crippen LogP contribution in [0.4, 0.5) is 5.69 Å². The molecule has 0 atom stereocenters. The Kier molecular flexibility index (Phi) is 3.49. The Labute approximate surface area is 108 Å². The Morgan fingerprint density at radius 2 is 2.00 bits per heavy atom. The molecule has 0 spiro atoms. The van der Waals surface area contributed by atoms with E-state index in [-0.39, 0.29) is 16.7 Å². The van der Waals surface area contributed by atoms with Crippen LogP contribution >= 0.6 is 0 Å². The summed E-state index contributed by atoms with van der Waals surface area (Å²) in [5.41, 5.74) is 6.10. The quantitative estimate of drug-likeness (QED) is 0.840. The third-order valence-electron chi connectivity index (χ3n) is 3.13. The topological polar surface area (TPSA) is 72.6 Å². The van der Waals surface area contributed by atoms with Gasteiger partial charge in [0.2, 0.25) is 10.0 Å². The van der Waals surface area contributed by atoms with E-state index in [2.05, 4.69) is 0 Å². The molecule has 0 heterocycles. The largest absolute Gasteiger partial charge is 0.488 e. The average Bonchev–Trinajstić information content (AvgIpc) is 2.24. The van der Waals surface area contributed by atoms with Crippen molar-refractivity contribution in [1.82, 2.24) is 4.31 Å². The van der Waals surface area contributed by atoms with Crippen LogP contribution in [0.1, 0.15) is 19.3 Å². The van der Waals surface area contributed by atoms with Gasteiger partial charge in [-0.15, -0.1) is 0 Å². The average molecular weight is 270 g/mol. The van der Waals surface area contributed by atoms with Gasteiger partial charge in [-0.1, -0.05) is 6.07 Å². The van der Waals surface area contributed by atoms with E-state index in [1.165, 1.54) is 20.2 Å². The SMILES string of the molecule is CN(C)S(=O)(=O)c1cccc(OC2CCC2)c1N. The minimum Gasteiger partial charge on any atom is -0.488 e. The molecule has 0 radical (unpaired) electrons. The first-order valence-corrected chi connectivity index (χ1v) is 7.34. The van der Waals surface area contributed by atoms with Gasteiger partial charge in [0.05, 0.1) is 11.8 Å². The number of nitrogens with two attached hydrogens (primary N) is 1. The van der Waals surface area contributed by atoms with Gasteiger partial charge in [-0.05, 0) is 31.4 Å². The fourth-order valence-corrected chi connectivity index (χ4v) is 2.74. The number of hydrogen-bond acceptors (Lipinski definition) is 4. The van der Waals surface area contributed by atoms with Gasteiger partial charge in [0.1, 0.15) is 10.6 Å². The highest BCUT2D eigenvalue weighted by Gasteiger charge is 2.25. The lowest BCUT2D eigenvalue weighted by Crippen LogP contribution is -2.26. The van der Waals surface area contributed by atoms with Gasteiger partial charge in [0, 0.05) is 14.1 Å². The van der Waals surface area contributed by atoms with Crippen LogP contribution in [0.5, 0.6) is 5.75 Å². The smallest absolute Gasteiger partial charge is 0.244 e. The molecular weight excluding hydrogens is 252 g/mol. The molecule has 100 valence electrons. The maximum absolute atomic E-state index is 12.1. The van der Waals surface area contributed by atoms with Crippen molar-refractivity contribution < 1.29 is 13.2 Å². The fraction of sp³-hybridized carbons (Fsp3) is 0.500. The fourth-order valence-electron chi connectivity index (χ4n) is 1.72. The van der Waals surface area contributed by atoms with Crippen LogP contribution in [-0.4, -0.2) is 32.9 Å². The van der Waals surface area contributed by atoms with Gasteiger partial charge in [0.15, 0.2) is 0 Å². The Bertz CT molecular complexity index is 536. The number of benzene rings is 1. The zero-order chi connectivity index (χ0) is 13.3. The van der Waals surface area contributed by atoms with E-state index in [4.69, 9.17) is 10.5 Å². The lowest BCUT2D eigenvalue weighted by molar-refractivity contribution is 0.121. The molecule has 0 aromatic heterocycles. The van der Waals surface area contributed by atoms with Crippen LogP contribution in [0.3, 0.4) is 0 Å². The second-order valence-corrected chi connectivity index (χ2v) is 6.75. The van der Waals surface area contributed by atoms with E-state index in [1.54, 1.807) is 12.1 Å². The lowest BCUT2D eigenvalue weighted by atomic mass is 9.96.